The Bertz CT molecular complexity index is 479. The third-order valence-corrected chi connectivity index (χ3v) is 4.88. The summed E-state index contributed by atoms with van der Waals surface area (Å²) in [5, 5.41) is 3.52. The molecular formula is C15H24N4O. The molecule has 0 aromatic carbocycles. The van der Waals surface area contributed by atoms with Crippen molar-refractivity contribution in [2.24, 2.45) is 17.8 Å². The van der Waals surface area contributed by atoms with E-state index >= 15 is 0 Å². The summed E-state index contributed by atoms with van der Waals surface area (Å²) < 4.78 is 5.07. The Morgan fingerprint density at radius 3 is 2.90 bits per heavy atom. The zero-order valence-corrected chi connectivity index (χ0v) is 12.3. The molecule has 0 spiro atoms. The highest BCUT2D eigenvalue weighted by Gasteiger charge is 2.41. The summed E-state index contributed by atoms with van der Waals surface area (Å²) in [6.45, 7) is 2.65. The SMILES string of the molecule is COCc1nc(N)cc(NC(C)C2CC3CCC2C3)n1. The molecular weight excluding hydrogens is 252 g/mol. The number of ether oxygens (including phenoxy) is 1. The number of methoxy groups -OCH3 is 1. The number of fused-ring (bicyclic) bond motifs is 2. The first-order chi connectivity index (χ1) is 9.65. The molecule has 2 bridgehead atoms. The number of nitrogens with one attached hydrogen (secondary N) is 1. The van der Waals surface area contributed by atoms with Crippen molar-refractivity contribution in [1.82, 2.24) is 9.97 Å². The molecule has 3 rings (SSSR count). The molecule has 5 nitrogen and oxygen atoms in total. The van der Waals surface area contributed by atoms with Crippen molar-refractivity contribution in [3.8, 4) is 0 Å². The molecule has 2 aliphatic carbocycles. The molecule has 4 unspecified atom stereocenters. The second-order valence-electron chi connectivity index (χ2n) is 6.30. The molecule has 2 aliphatic rings. The van der Waals surface area contributed by atoms with E-state index in [2.05, 4.69) is 22.2 Å². The van der Waals surface area contributed by atoms with Crippen LogP contribution in [0.4, 0.5) is 11.6 Å². The van der Waals surface area contributed by atoms with Crippen molar-refractivity contribution in [3.05, 3.63) is 11.9 Å². The largest absolute Gasteiger partial charge is 0.384 e. The normalized spacial score (nSPS) is 29.6. The van der Waals surface area contributed by atoms with E-state index in [9.17, 15) is 0 Å². The van der Waals surface area contributed by atoms with Gasteiger partial charge in [0, 0.05) is 19.2 Å². The van der Waals surface area contributed by atoms with Crippen LogP contribution in [-0.4, -0.2) is 23.1 Å². The molecule has 110 valence electrons. The fourth-order valence-electron chi connectivity index (χ4n) is 4.03. The lowest BCUT2D eigenvalue weighted by Crippen LogP contribution is -2.30. The van der Waals surface area contributed by atoms with Crippen molar-refractivity contribution in [3.63, 3.8) is 0 Å². The van der Waals surface area contributed by atoms with Gasteiger partial charge in [-0.15, -0.1) is 0 Å². The van der Waals surface area contributed by atoms with Gasteiger partial charge in [0.1, 0.15) is 18.2 Å². The second-order valence-corrected chi connectivity index (χ2v) is 6.30. The molecule has 1 aromatic heterocycles. The number of nitrogen functional groups attached to an aromatic ring is 1. The fourth-order valence-corrected chi connectivity index (χ4v) is 4.03. The van der Waals surface area contributed by atoms with Gasteiger partial charge in [-0.2, -0.15) is 0 Å². The predicted octanol–water partition coefficient (Wildman–Crippen LogP) is 2.44. The summed E-state index contributed by atoms with van der Waals surface area (Å²) >= 11 is 0. The molecule has 0 saturated heterocycles. The number of nitrogens with zero attached hydrogens (tertiary/aromatic N) is 2. The Labute approximate surface area is 120 Å². The van der Waals surface area contributed by atoms with Crippen LogP contribution in [0.15, 0.2) is 6.07 Å². The predicted molar refractivity (Wildman–Crippen MR) is 79.2 cm³/mol. The van der Waals surface area contributed by atoms with Crippen molar-refractivity contribution in [2.45, 2.75) is 45.3 Å². The molecule has 5 heteroatoms. The number of rotatable bonds is 5. The number of hydrogen-bond donors (Lipinski definition) is 2. The fraction of sp³-hybridized carbons (Fsp3) is 0.733. The summed E-state index contributed by atoms with van der Waals surface area (Å²) in [7, 11) is 1.64. The van der Waals surface area contributed by atoms with E-state index < -0.39 is 0 Å². The van der Waals surface area contributed by atoms with E-state index in [0.717, 1.165) is 23.6 Å². The Kier molecular flexibility index (Phi) is 3.78. The summed E-state index contributed by atoms with van der Waals surface area (Å²) in [6.07, 6.45) is 5.64. The van der Waals surface area contributed by atoms with Gasteiger partial charge in [0.05, 0.1) is 0 Å². The van der Waals surface area contributed by atoms with Gasteiger partial charge < -0.3 is 15.8 Å². The molecule has 1 heterocycles. The third-order valence-electron chi connectivity index (χ3n) is 4.88. The minimum absolute atomic E-state index is 0.391. The van der Waals surface area contributed by atoms with Gasteiger partial charge in [0.25, 0.3) is 0 Å². The highest BCUT2D eigenvalue weighted by molar-refractivity contribution is 5.45. The molecule has 3 N–H and O–H groups in total. The zero-order chi connectivity index (χ0) is 14.1. The lowest BCUT2D eigenvalue weighted by Gasteiger charge is -2.29. The van der Waals surface area contributed by atoms with Crippen LogP contribution in [0.2, 0.25) is 0 Å². The van der Waals surface area contributed by atoms with E-state index in [1.54, 1.807) is 7.11 Å². The lowest BCUT2D eigenvalue weighted by atomic mass is 9.84. The summed E-state index contributed by atoms with van der Waals surface area (Å²) in [5.74, 6) is 4.59. The van der Waals surface area contributed by atoms with Crippen molar-refractivity contribution in [2.75, 3.05) is 18.2 Å². The minimum Gasteiger partial charge on any atom is -0.384 e. The molecule has 1 aromatic rings. The van der Waals surface area contributed by atoms with Crippen molar-refractivity contribution < 1.29 is 4.74 Å². The van der Waals surface area contributed by atoms with Crippen LogP contribution in [-0.2, 0) is 11.3 Å². The standard InChI is InChI=1S/C15H24N4O/c1-9(12-6-10-3-4-11(12)5-10)17-14-7-13(16)18-15(19-14)8-20-2/h7,9-12H,3-6,8H2,1-2H3,(H3,16,17,18,19). The van der Waals surface area contributed by atoms with Crippen LogP contribution >= 0.6 is 0 Å². The number of hydrogen-bond acceptors (Lipinski definition) is 5. The Hall–Kier alpha value is -1.36. The second kappa shape index (κ2) is 5.56. The zero-order valence-electron chi connectivity index (χ0n) is 12.3. The van der Waals surface area contributed by atoms with Gasteiger partial charge in [0.2, 0.25) is 0 Å². The van der Waals surface area contributed by atoms with Crippen molar-refractivity contribution in [1.29, 1.82) is 0 Å². The molecule has 2 fully saturated rings. The molecule has 20 heavy (non-hydrogen) atoms. The van der Waals surface area contributed by atoms with Gasteiger partial charge in [-0.1, -0.05) is 6.42 Å². The Balaban J connectivity index is 1.67. The van der Waals surface area contributed by atoms with Gasteiger partial charge in [-0.05, 0) is 43.9 Å². The molecule has 0 amide bonds. The maximum Gasteiger partial charge on any atom is 0.158 e. The Morgan fingerprint density at radius 2 is 2.25 bits per heavy atom. The van der Waals surface area contributed by atoms with Gasteiger partial charge in [-0.25, -0.2) is 9.97 Å². The molecule has 2 saturated carbocycles. The number of anilines is 2. The van der Waals surface area contributed by atoms with Crippen LogP contribution in [0.25, 0.3) is 0 Å². The van der Waals surface area contributed by atoms with Crippen LogP contribution in [0, 0.1) is 17.8 Å². The third kappa shape index (κ3) is 2.73. The quantitative estimate of drug-likeness (QED) is 0.864. The van der Waals surface area contributed by atoms with Crippen molar-refractivity contribution >= 4 is 11.6 Å². The lowest BCUT2D eigenvalue weighted by molar-refractivity contribution is 0.178. The average molecular weight is 276 g/mol. The maximum atomic E-state index is 5.83. The first-order valence-electron chi connectivity index (χ1n) is 7.54. The van der Waals surface area contributed by atoms with E-state index in [1.165, 1.54) is 25.7 Å². The smallest absolute Gasteiger partial charge is 0.158 e. The van der Waals surface area contributed by atoms with Gasteiger partial charge in [-0.3, -0.25) is 0 Å². The first-order valence-corrected chi connectivity index (χ1v) is 7.54. The van der Waals surface area contributed by atoms with E-state index in [4.69, 9.17) is 10.5 Å². The summed E-state index contributed by atoms with van der Waals surface area (Å²) in [6, 6.07) is 2.25. The van der Waals surface area contributed by atoms with E-state index in [-0.39, 0.29) is 0 Å². The first kappa shape index (κ1) is 13.6. The van der Waals surface area contributed by atoms with Crippen LogP contribution in [0.3, 0.4) is 0 Å². The minimum atomic E-state index is 0.391. The van der Waals surface area contributed by atoms with E-state index in [0.29, 0.717) is 24.3 Å². The van der Waals surface area contributed by atoms with Crippen LogP contribution in [0.1, 0.15) is 38.4 Å². The maximum absolute atomic E-state index is 5.83. The molecule has 0 aliphatic heterocycles. The van der Waals surface area contributed by atoms with E-state index in [1.807, 2.05) is 6.07 Å². The topological polar surface area (TPSA) is 73.1 Å². The van der Waals surface area contributed by atoms with Gasteiger partial charge in [0.15, 0.2) is 5.82 Å². The number of aromatic nitrogens is 2. The highest BCUT2D eigenvalue weighted by Crippen LogP contribution is 2.49. The van der Waals surface area contributed by atoms with Crippen LogP contribution < -0.4 is 11.1 Å². The highest BCUT2D eigenvalue weighted by atomic mass is 16.5. The average Bonchev–Trinajstić information content (AvgIpc) is 3.00. The van der Waals surface area contributed by atoms with Crippen LogP contribution in [0.5, 0.6) is 0 Å². The van der Waals surface area contributed by atoms with Gasteiger partial charge >= 0.3 is 0 Å². The molecule has 4 atom stereocenters. The monoisotopic (exact) mass is 276 g/mol. The molecule has 0 radical (unpaired) electrons. The number of nitrogens with two attached hydrogens (primary N) is 1. The summed E-state index contributed by atoms with van der Waals surface area (Å²) in [4.78, 5) is 8.64. The summed E-state index contributed by atoms with van der Waals surface area (Å²) in [5.41, 5.74) is 5.83. The Morgan fingerprint density at radius 1 is 1.40 bits per heavy atom.